The van der Waals surface area contributed by atoms with E-state index < -0.39 is 0 Å². The molecule has 0 aliphatic rings. The maximum Gasteiger partial charge on any atom is 0.253 e. The van der Waals surface area contributed by atoms with Crippen molar-refractivity contribution in [2.24, 2.45) is 0 Å². The summed E-state index contributed by atoms with van der Waals surface area (Å²) >= 11 is 1.73. The van der Waals surface area contributed by atoms with Gasteiger partial charge in [-0.05, 0) is 18.4 Å². The lowest BCUT2D eigenvalue weighted by Crippen LogP contribution is -2.26. The number of thiophene rings is 1. The zero-order chi connectivity index (χ0) is 12.1. The molecule has 0 atom stereocenters. The van der Waals surface area contributed by atoms with Gasteiger partial charge in [0.2, 0.25) is 0 Å². The molecular formula is C12H15N3OS. The maximum absolute atomic E-state index is 11.6. The smallest absolute Gasteiger partial charge is 0.253 e. The first-order valence-corrected chi connectivity index (χ1v) is 6.40. The van der Waals surface area contributed by atoms with E-state index >= 15 is 0 Å². The van der Waals surface area contributed by atoms with E-state index in [0.717, 1.165) is 18.8 Å². The Morgan fingerprint density at radius 2 is 2.41 bits per heavy atom. The zero-order valence-corrected chi connectivity index (χ0v) is 10.5. The third-order valence-corrected chi connectivity index (χ3v) is 3.30. The van der Waals surface area contributed by atoms with E-state index in [1.165, 1.54) is 4.88 Å². The summed E-state index contributed by atoms with van der Waals surface area (Å²) in [6, 6.07) is 5.69. The van der Waals surface area contributed by atoms with Crippen LogP contribution in [0.4, 0.5) is 0 Å². The van der Waals surface area contributed by atoms with Gasteiger partial charge in [-0.15, -0.1) is 11.3 Å². The highest BCUT2D eigenvalue weighted by Gasteiger charge is 1.97. The number of nitrogens with one attached hydrogen (secondary N) is 1. The van der Waals surface area contributed by atoms with E-state index in [4.69, 9.17) is 0 Å². The van der Waals surface area contributed by atoms with E-state index in [-0.39, 0.29) is 5.56 Å². The molecule has 0 saturated heterocycles. The average Bonchev–Trinajstić information content (AvgIpc) is 2.79. The summed E-state index contributed by atoms with van der Waals surface area (Å²) in [5.41, 5.74) is 0.771. The van der Waals surface area contributed by atoms with E-state index in [0.29, 0.717) is 6.54 Å². The molecule has 4 nitrogen and oxygen atoms in total. The normalized spacial score (nSPS) is 10.6. The van der Waals surface area contributed by atoms with Crippen LogP contribution in [0.3, 0.4) is 0 Å². The fraction of sp³-hybridized carbons (Fsp3) is 0.333. The summed E-state index contributed by atoms with van der Waals surface area (Å²) in [5.74, 6) is 0. The molecule has 17 heavy (non-hydrogen) atoms. The lowest BCUT2D eigenvalue weighted by Gasteiger charge is -2.06. The SMILES string of the molecule is Cc1cc(=O)n(CCNCc2cccs2)cn1. The van der Waals surface area contributed by atoms with E-state index in [2.05, 4.69) is 21.7 Å². The first-order valence-electron chi connectivity index (χ1n) is 5.52. The van der Waals surface area contributed by atoms with Gasteiger partial charge in [0.05, 0.1) is 6.33 Å². The van der Waals surface area contributed by atoms with Crippen molar-refractivity contribution in [3.8, 4) is 0 Å². The number of hydrogen-bond donors (Lipinski definition) is 1. The third kappa shape index (κ3) is 3.51. The summed E-state index contributed by atoms with van der Waals surface area (Å²) in [6.07, 6.45) is 1.60. The summed E-state index contributed by atoms with van der Waals surface area (Å²) in [4.78, 5) is 17.0. The molecule has 0 aliphatic carbocycles. The highest BCUT2D eigenvalue weighted by molar-refractivity contribution is 7.09. The fourth-order valence-corrected chi connectivity index (χ4v) is 2.18. The van der Waals surface area contributed by atoms with Crippen molar-refractivity contribution in [1.82, 2.24) is 14.9 Å². The van der Waals surface area contributed by atoms with Gasteiger partial charge < -0.3 is 5.32 Å². The van der Waals surface area contributed by atoms with Crippen molar-refractivity contribution < 1.29 is 0 Å². The molecule has 0 aliphatic heterocycles. The first kappa shape index (κ1) is 12.0. The fourth-order valence-electron chi connectivity index (χ4n) is 1.51. The highest BCUT2D eigenvalue weighted by Crippen LogP contribution is 2.06. The molecule has 0 bridgehead atoms. The van der Waals surface area contributed by atoms with Crippen LogP contribution < -0.4 is 10.9 Å². The van der Waals surface area contributed by atoms with Crippen molar-refractivity contribution >= 4 is 11.3 Å². The van der Waals surface area contributed by atoms with Crippen LogP contribution in [0.2, 0.25) is 0 Å². The molecule has 0 saturated carbocycles. The number of aromatic nitrogens is 2. The lowest BCUT2D eigenvalue weighted by atomic mass is 10.4. The van der Waals surface area contributed by atoms with Gasteiger partial charge in [-0.25, -0.2) is 4.98 Å². The Kier molecular flexibility index (Phi) is 4.06. The van der Waals surface area contributed by atoms with Crippen LogP contribution in [0.25, 0.3) is 0 Å². The monoisotopic (exact) mass is 249 g/mol. The average molecular weight is 249 g/mol. The van der Waals surface area contributed by atoms with Crippen LogP contribution in [0, 0.1) is 6.92 Å². The number of aryl methyl sites for hydroxylation is 1. The molecular weight excluding hydrogens is 234 g/mol. The van der Waals surface area contributed by atoms with Crippen LogP contribution >= 0.6 is 11.3 Å². The minimum Gasteiger partial charge on any atom is -0.310 e. The van der Waals surface area contributed by atoms with E-state index in [1.54, 1.807) is 28.3 Å². The standard InChI is InChI=1S/C12H15N3OS/c1-10-7-12(16)15(9-14-10)5-4-13-8-11-3-2-6-17-11/h2-3,6-7,9,13H,4-5,8H2,1H3. The second-order valence-electron chi connectivity index (χ2n) is 3.82. The van der Waals surface area contributed by atoms with Crippen LogP contribution in [-0.2, 0) is 13.1 Å². The minimum absolute atomic E-state index is 0.00965. The Hall–Kier alpha value is -1.46. The topological polar surface area (TPSA) is 46.9 Å². The van der Waals surface area contributed by atoms with Gasteiger partial charge in [0.1, 0.15) is 0 Å². The second-order valence-corrected chi connectivity index (χ2v) is 4.85. The quantitative estimate of drug-likeness (QED) is 0.815. The molecule has 5 heteroatoms. The van der Waals surface area contributed by atoms with Gasteiger partial charge >= 0.3 is 0 Å². The van der Waals surface area contributed by atoms with Crippen molar-refractivity contribution in [3.05, 3.63) is 50.8 Å². The molecule has 90 valence electrons. The minimum atomic E-state index is 0.00965. The Bertz CT molecular complexity index is 519. The Morgan fingerprint density at radius 3 is 3.12 bits per heavy atom. The Labute approximate surface area is 104 Å². The first-order chi connectivity index (χ1) is 8.25. The van der Waals surface area contributed by atoms with Crippen molar-refractivity contribution in [2.75, 3.05) is 6.54 Å². The molecule has 1 N–H and O–H groups in total. The highest BCUT2D eigenvalue weighted by atomic mass is 32.1. The van der Waals surface area contributed by atoms with Gasteiger partial charge in [-0.1, -0.05) is 6.07 Å². The number of nitrogens with zero attached hydrogens (tertiary/aromatic N) is 2. The predicted octanol–water partition coefficient (Wildman–Crippen LogP) is 1.40. The molecule has 0 spiro atoms. The van der Waals surface area contributed by atoms with Gasteiger partial charge in [0, 0.05) is 36.3 Å². The zero-order valence-electron chi connectivity index (χ0n) is 9.72. The van der Waals surface area contributed by atoms with Crippen LogP contribution in [0.1, 0.15) is 10.6 Å². The molecule has 0 fully saturated rings. The molecule has 2 aromatic heterocycles. The largest absolute Gasteiger partial charge is 0.310 e. The van der Waals surface area contributed by atoms with Crippen LogP contribution in [0.5, 0.6) is 0 Å². The molecule has 0 amide bonds. The summed E-state index contributed by atoms with van der Waals surface area (Å²) < 4.78 is 1.62. The predicted molar refractivity (Wildman–Crippen MR) is 69.3 cm³/mol. The Balaban J connectivity index is 1.80. The van der Waals surface area contributed by atoms with Crippen molar-refractivity contribution in [3.63, 3.8) is 0 Å². The van der Waals surface area contributed by atoms with Crippen LogP contribution in [0.15, 0.2) is 34.7 Å². The third-order valence-electron chi connectivity index (χ3n) is 2.43. The van der Waals surface area contributed by atoms with Gasteiger partial charge in [-0.3, -0.25) is 9.36 Å². The molecule has 2 heterocycles. The van der Waals surface area contributed by atoms with Crippen LogP contribution in [-0.4, -0.2) is 16.1 Å². The van der Waals surface area contributed by atoms with Crippen molar-refractivity contribution in [1.29, 1.82) is 0 Å². The van der Waals surface area contributed by atoms with E-state index in [9.17, 15) is 4.79 Å². The summed E-state index contributed by atoms with van der Waals surface area (Å²) in [6.45, 7) is 4.09. The van der Waals surface area contributed by atoms with Crippen molar-refractivity contribution in [2.45, 2.75) is 20.0 Å². The summed E-state index contributed by atoms with van der Waals surface area (Å²) in [7, 11) is 0. The maximum atomic E-state index is 11.6. The lowest BCUT2D eigenvalue weighted by molar-refractivity contribution is 0.579. The van der Waals surface area contributed by atoms with Gasteiger partial charge in [0.15, 0.2) is 0 Å². The molecule has 0 unspecified atom stereocenters. The van der Waals surface area contributed by atoms with E-state index in [1.807, 2.05) is 13.0 Å². The molecule has 0 aromatic carbocycles. The van der Waals surface area contributed by atoms with Gasteiger partial charge in [0.25, 0.3) is 5.56 Å². The molecule has 2 rings (SSSR count). The molecule has 2 aromatic rings. The van der Waals surface area contributed by atoms with Gasteiger partial charge in [-0.2, -0.15) is 0 Å². The number of hydrogen-bond acceptors (Lipinski definition) is 4. The molecule has 0 radical (unpaired) electrons. The Morgan fingerprint density at radius 1 is 1.53 bits per heavy atom. The second kappa shape index (κ2) is 5.75. The number of rotatable bonds is 5. The summed E-state index contributed by atoms with van der Waals surface area (Å²) in [5, 5.41) is 5.36.